The molecule has 1 aliphatic carbocycles. The Balaban J connectivity index is 0.000000777. The fraction of sp³-hybridized carbons (Fsp3) is 0.239. The number of hydrogen-bond donors (Lipinski definition) is 6. The van der Waals surface area contributed by atoms with E-state index < -0.39 is 64.3 Å². The third-order valence-corrected chi connectivity index (χ3v) is 18.6. The molecule has 15 aromatic rings. The van der Waals surface area contributed by atoms with Gasteiger partial charge in [-0.2, -0.15) is 19.8 Å². The Hall–Kier alpha value is -9.35. The number of para-hydroxylation sites is 1. The number of nitrogens with zero attached hydrogens (tertiary/aromatic N) is 14. The molecule has 0 amide bonds. The SMILES string of the molecule is C.C.C.CI.COC(=O)C(C)C(=O)c1cncc(F)c1.COC(=O)CC(=O)c1cncc(F)c1.Cc1c(-c2cncc(F)c2)nc2c(C)c[nH]n2c1=O.Cc1c(-c2cncc(F)c2)nc2c(C)cnn2c1Cl.Cc1c(-c2cncc(F)c2)nc2c(C)cnn2c1NCCC1=CCc2ccccc21.Cc1cn[nH]c1N.NCCc1c[nH]c2ccccc12.O=CO[O-].O=P(Cl)(Cl)Cl.[H-].[K+].[K+]. The van der Waals surface area contributed by atoms with Crippen molar-refractivity contribution in [3.8, 4) is 33.8 Å². The summed E-state index contributed by atoms with van der Waals surface area (Å²) in [5, 5.41) is 28.3. The number of ketones is 2. The average molecular weight is 2080 g/mol. The number of H-pyrrole nitrogens is 3. The Morgan fingerprint density at radius 3 is 1.61 bits per heavy atom. The predicted octanol–water partition coefficient (Wildman–Crippen LogP) is 12.5. The third-order valence-electron chi connectivity index (χ3n) is 18.2. The maximum atomic E-state index is 13.8. The van der Waals surface area contributed by atoms with Crippen molar-refractivity contribution in [1.29, 1.82) is 0 Å². The molecule has 0 aliphatic heterocycles. The number of aromatic nitrogens is 17. The zero-order valence-electron chi connectivity index (χ0n) is 72.8. The molecule has 1 atom stereocenters. The van der Waals surface area contributed by atoms with Gasteiger partial charge in [0.15, 0.2) is 28.5 Å². The van der Waals surface area contributed by atoms with E-state index in [9.17, 15) is 50.5 Å². The summed E-state index contributed by atoms with van der Waals surface area (Å²) in [5.41, 5.74) is 28.7. The fourth-order valence-corrected chi connectivity index (χ4v) is 12.1. The van der Waals surface area contributed by atoms with Crippen molar-refractivity contribution in [3.05, 3.63) is 289 Å². The Morgan fingerprint density at radius 2 is 1.11 bits per heavy atom. The number of esters is 2. The first-order chi connectivity index (χ1) is 60.6. The molecule has 0 saturated carbocycles. The number of fused-ring (bicyclic) bond motifs is 5. The van der Waals surface area contributed by atoms with Crippen molar-refractivity contribution in [2.45, 2.75) is 103 Å². The number of nitrogens with one attached hydrogen (secondary N) is 4. The zero-order chi connectivity index (χ0) is 93.4. The number of methoxy groups -OCH3 is 2. The molecule has 0 radical (unpaired) electrons. The number of alkyl halides is 1. The van der Waals surface area contributed by atoms with Gasteiger partial charge in [0, 0.05) is 128 Å². The number of allylic oxidation sites excluding steroid dienone is 1. The molecule has 8 N–H and O–H groups in total. The molecule has 1 unspecified atom stereocenters. The van der Waals surface area contributed by atoms with Crippen molar-refractivity contribution < 1.29 is 174 Å². The number of rotatable bonds is 16. The summed E-state index contributed by atoms with van der Waals surface area (Å²) in [6, 6.07) is 23.1. The minimum absolute atomic E-state index is 0. The van der Waals surface area contributed by atoms with Crippen molar-refractivity contribution in [2.75, 3.05) is 43.3 Å². The van der Waals surface area contributed by atoms with Crippen LogP contribution >= 0.6 is 73.1 Å². The van der Waals surface area contributed by atoms with Crippen LogP contribution < -0.4 is 130 Å². The molecule has 0 fully saturated rings. The minimum Gasteiger partial charge on any atom is -1.00 e. The number of ether oxygens (including phenoxy) is 2. The van der Waals surface area contributed by atoms with Gasteiger partial charge in [-0.1, -0.05) is 105 Å². The van der Waals surface area contributed by atoms with Crippen LogP contribution in [0.25, 0.3) is 67.2 Å². The second-order valence-corrected chi connectivity index (χ2v) is 33.9. The molecule has 31 nitrogen and oxygen atoms in total. The second kappa shape index (κ2) is 58.7. The topological polar surface area (TPSA) is 437 Å². The van der Waals surface area contributed by atoms with Crippen LogP contribution in [0.5, 0.6) is 0 Å². The summed E-state index contributed by atoms with van der Waals surface area (Å²) in [4.78, 5) is 106. The van der Waals surface area contributed by atoms with Gasteiger partial charge >= 0.3 is 120 Å². The number of benzene rings is 2. The first kappa shape index (κ1) is 119. The van der Waals surface area contributed by atoms with Gasteiger partial charge in [-0.25, -0.2) is 45.9 Å². The molecule has 13 aromatic heterocycles. The van der Waals surface area contributed by atoms with Crippen LogP contribution in [0.2, 0.25) is 5.15 Å². The summed E-state index contributed by atoms with van der Waals surface area (Å²) in [7, 11) is 2.37. The fourth-order valence-electron chi connectivity index (χ4n) is 11.9. The summed E-state index contributed by atoms with van der Waals surface area (Å²) in [6.07, 6.45) is 26.3. The van der Waals surface area contributed by atoms with Crippen LogP contribution in [-0.2, 0) is 46.2 Å². The smallest absolute Gasteiger partial charge is 1.00 e. The molecule has 0 saturated heterocycles. The van der Waals surface area contributed by atoms with Gasteiger partial charge in [0.05, 0.1) is 80.9 Å². The largest absolute Gasteiger partial charge is 1.00 e. The molecule has 13 heterocycles. The van der Waals surface area contributed by atoms with Crippen molar-refractivity contribution in [2.24, 2.45) is 11.7 Å². The number of Topliss-reactive ketones (excluding diaryl/α,β-unsaturated/α-hetero) is 2. The van der Waals surface area contributed by atoms with E-state index in [1.54, 1.807) is 48.6 Å². The molecular weight excluding hydrogens is 1990 g/mol. The van der Waals surface area contributed by atoms with Gasteiger partial charge in [-0.15, -0.1) is 0 Å². The quantitative estimate of drug-likeness (QED) is 0.00425. The number of halogens is 10. The molecule has 0 spiro atoms. The van der Waals surface area contributed by atoms with Crippen LogP contribution in [-0.4, -0.2) is 146 Å². The number of anilines is 2. The monoisotopic (exact) mass is 2080 g/mol. The van der Waals surface area contributed by atoms with Gasteiger partial charge in [0.1, 0.15) is 58.2 Å². The molecule has 2 aromatic carbocycles. The number of hydrogen-bond acceptors (Lipinski definition) is 25. The van der Waals surface area contributed by atoms with Gasteiger partial charge in [-0.3, -0.25) is 68.4 Å². The van der Waals surface area contributed by atoms with Crippen molar-refractivity contribution >= 4 is 148 Å². The van der Waals surface area contributed by atoms with Crippen molar-refractivity contribution in [3.63, 3.8) is 0 Å². The third kappa shape index (κ3) is 34.5. The molecule has 44 heteroatoms. The van der Waals surface area contributed by atoms with E-state index in [2.05, 4.69) is 190 Å². The van der Waals surface area contributed by atoms with E-state index in [1.165, 1.54) is 102 Å². The van der Waals surface area contributed by atoms with Crippen LogP contribution in [0.4, 0.5) is 33.6 Å². The molecular formula is C88H97Cl4F5IK2N20O11P. The van der Waals surface area contributed by atoms with E-state index >= 15 is 0 Å². The molecule has 0 bridgehead atoms. The van der Waals surface area contributed by atoms with Gasteiger partial charge in [0.2, 0.25) is 0 Å². The second-order valence-electron chi connectivity index (χ2n) is 26.9. The van der Waals surface area contributed by atoms with E-state index in [0.29, 0.717) is 68.1 Å². The number of pyridine rings is 5. The number of carbonyl (C=O) groups excluding carboxylic acids is 5. The van der Waals surface area contributed by atoms with Crippen LogP contribution in [0.15, 0.2) is 183 Å². The van der Waals surface area contributed by atoms with Gasteiger partial charge in [0.25, 0.3) is 12.0 Å². The molecule has 132 heavy (non-hydrogen) atoms. The standard InChI is InChI=1S/C24H22FN5.C13H10ClFN4.C13H11FN4O.C10H10FNO3.C10H12N2.C9H8FNO3.C4H7N3.CH3I.CH2O3.3CH4.Cl3OP.2K.H/c1-15-12-28-30-23(15)29-22(19-11-20(25)14-26-13-19)16(2)24(30)27-10-9-18-8-7-17-5-3-4-6-21(17)18;1-7-4-17-19-12(14)8(2)11(18-13(7)19)9-3-10(15)6-16-5-9;1-7-4-16-18-12(7)17-11(8(2)13(18)19)9-3-10(14)6-15-5-9;1-6(10(14)15-2)9(13)7-3-8(11)5-12-4-7;11-6-5-8-7-12-10-4-2-1-3-9(8)10;1-14-9(13)3-8(12)6-2-7(10)5-11-4-6;1-3-2-6-7-4(3)5;1-2;2-1-4-3;;;;1-5(2,3)4;;;/h3-6,8,11-14,27H,7,9-10H2,1-2H3;3-6H,1-2H3;3-6,16H,1-2H3;3-6H,1-2H3;1-4,7,12H,5-6,11H2;2,4-5H,3H2,1H3;2H,1H3,(H3,5,6,7);1H3;1,3H;3*1H4;;;;/q;;;;;;;;;;;;;2*+1;-1/p-1. The Kier molecular flexibility index (Phi) is 52.8. The maximum absolute atomic E-state index is 13.8. The van der Waals surface area contributed by atoms with E-state index in [-0.39, 0.29) is 155 Å². The summed E-state index contributed by atoms with van der Waals surface area (Å²) in [6.45, 7) is 15.8. The van der Waals surface area contributed by atoms with Gasteiger partial charge in [-0.05, 0) is 179 Å². The summed E-state index contributed by atoms with van der Waals surface area (Å²) in [5.74, 6) is -4.19. The zero-order valence-corrected chi connectivity index (χ0v) is 84.1. The number of aryl methyl sites for hydroxylation is 4. The minimum atomic E-state index is -3.22. The average Bonchev–Trinajstić information content (AvgIpc) is 1.67. The number of nitrogens with two attached hydrogens (primary N) is 2. The molecule has 1 aliphatic rings. The van der Waals surface area contributed by atoms with Crippen LogP contribution in [0, 0.1) is 83.5 Å². The van der Waals surface area contributed by atoms with Crippen molar-refractivity contribution in [1.82, 2.24) is 83.9 Å². The van der Waals surface area contributed by atoms with E-state index in [1.807, 2.05) is 63.3 Å². The normalized spacial score (nSPS) is 10.6. The Bertz CT molecular complexity index is 6470. The Morgan fingerprint density at radius 1 is 0.636 bits per heavy atom. The number of carbonyl (C=O) groups is 5. The number of nitrogen functional groups attached to an aromatic ring is 1. The maximum Gasteiger partial charge on any atom is 1.00 e. The summed E-state index contributed by atoms with van der Waals surface area (Å²) < 4.78 is 88.7. The van der Waals surface area contributed by atoms with Crippen LogP contribution in [0.3, 0.4) is 0 Å². The summed E-state index contributed by atoms with van der Waals surface area (Å²) >= 11 is 22.3. The van der Waals surface area contributed by atoms with E-state index in [4.69, 9.17) is 38.1 Å². The van der Waals surface area contributed by atoms with E-state index in [0.717, 1.165) is 108 Å². The number of aromatic amines is 3. The Labute approximate surface area is 877 Å². The van der Waals surface area contributed by atoms with Crippen LogP contribution in [0.1, 0.15) is 120 Å². The predicted molar refractivity (Wildman–Crippen MR) is 503 cm³/mol. The molecule has 692 valence electrons. The first-order valence-corrected chi connectivity index (χ1v) is 44.5. The first-order valence-electron chi connectivity index (χ1n) is 37.6. The van der Waals surface area contributed by atoms with Gasteiger partial charge < -0.3 is 42.8 Å². The molecule has 16 rings (SSSR count).